The van der Waals surface area contributed by atoms with Crippen molar-refractivity contribution < 1.29 is 13.2 Å². The van der Waals surface area contributed by atoms with Gasteiger partial charge in [0.1, 0.15) is 0 Å². The molecule has 0 saturated carbocycles. The molecule has 1 aromatic heterocycles. The Kier molecular flexibility index (Phi) is 5.33. The Bertz CT molecular complexity index is 791. The predicted molar refractivity (Wildman–Crippen MR) is 85.0 cm³/mol. The topological polar surface area (TPSA) is 30.7 Å². The van der Waals surface area contributed by atoms with Crippen LogP contribution in [0.4, 0.5) is 13.2 Å². The summed E-state index contributed by atoms with van der Waals surface area (Å²) in [4.78, 5) is 3.76. The van der Waals surface area contributed by atoms with Crippen LogP contribution in [0.15, 0.2) is 55.1 Å². The Morgan fingerprint density at radius 2 is 1.75 bits per heavy atom. The van der Waals surface area contributed by atoms with Crippen LogP contribution in [0.25, 0.3) is 0 Å². The van der Waals surface area contributed by atoms with E-state index in [2.05, 4.69) is 10.1 Å². The molecule has 3 nitrogen and oxygen atoms in total. The fourth-order valence-corrected chi connectivity index (χ4v) is 4.83. The first-order valence-electron chi connectivity index (χ1n) is 7.25. The van der Waals surface area contributed by atoms with Gasteiger partial charge in [-0.05, 0) is 0 Å². The molecular formula is C17H14F3N3Se. The average molecular weight is 396 g/mol. The molecule has 7 heteroatoms. The third kappa shape index (κ3) is 4.24. The number of hydrogen-bond acceptors (Lipinski definition) is 2. The van der Waals surface area contributed by atoms with Gasteiger partial charge in [-0.25, -0.2) is 0 Å². The Labute approximate surface area is 143 Å². The number of benzene rings is 2. The molecule has 0 saturated heterocycles. The third-order valence-corrected chi connectivity index (χ3v) is 6.23. The summed E-state index contributed by atoms with van der Waals surface area (Å²) in [6.45, 7) is 0.462. The third-order valence-electron chi connectivity index (χ3n) is 3.49. The normalized spacial score (nSPS) is 12.3. The molecule has 0 aliphatic carbocycles. The van der Waals surface area contributed by atoms with Crippen molar-refractivity contribution in [2.75, 3.05) is 0 Å². The van der Waals surface area contributed by atoms with Gasteiger partial charge in [0.05, 0.1) is 0 Å². The molecule has 0 bridgehead atoms. The van der Waals surface area contributed by atoms with Crippen molar-refractivity contribution in [3.63, 3.8) is 0 Å². The molecule has 0 N–H and O–H groups in total. The standard InChI is InChI=1S/C17H14F3N3Se/c18-13-3-1-12(2-4-13)9-24-17(8-23-11-21-10-22-23)15-6-5-14(19)7-16(15)20/h1-7,10-11,17H,8-9H2. The summed E-state index contributed by atoms with van der Waals surface area (Å²) in [6.07, 6.45) is 2.99. The molecule has 0 amide bonds. The van der Waals surface area contributed by atoms with E-state index in [-0.39, 0.29) is 25.6 Å². The number of hydrogen-bond donors (Lipinski definition) is 0. The first-order chi connectivity index (χ1) is 11.6. The Balaban J connectivity index is 1.80. The molecule has 0 radical (unpaired) electrons. The van der Waals surface area contributed by atoms with Crippen molar-refractivity contribution >= 4 is 15.0 Å². The van der Waals surface area contributed by atoms with E-state index in [1.807, 2.05) is 0 Å². The second-order valence-electron chi connectivity index (χ2n) is 5.21. The van der Waals surface area contributed by atoms with Crippen LogP contribution in [0.5, 0.6) is 0 Å². The molecule has 0 fully saturated rings. The van der Waals surface area contributed by atoms with E-state index in [0.29, 0.717) is 17.4 Å². The number of nitrogens with zero attached hydrogens (tertiary/aromatic N) is 3. The maximum absolute atomic E-state index is 14.2. The first-order valence-corrected chi connectivity index (χ1v) is 9.45. The molecule has 1 heterocycles. The van der Waals surface area contributed by atoms with Crippen molar-refractivity contribution in [1.82, 2.24) is 14.8 Å². The van der Waals surface area contributed by atoms with Crippen molar-refractivity contribution in [2.45, 2.75) is 16.7 Å². The number of halogens is 3. The molecule has 3 rings (SSSR count). The van der Waals surface area contributed by atoms with Crippen LogP contribution < -0.4 is 0 Å². The fourth-order valence-electron chi connectivity index (χ4n) is 2.28. The van der Waals surface area contributed by atoms with Gasteiger partial charge in [0, 0.05) is 0 Å². The minimum absolute atomic E-state index is 0.0253. The Morgan fingerprint density at radius 3 is 2.42 bits per heavy atom. The van der Waals surface area contributed by atoms with Gasteiger partial charge < -0.3 is 0 Å². The molecule has 2 aromatic carbocycles. The Hall–Kier alpha value is -2.11. The molecule has 1 unspecified atom stereocenters. The monoisotopic (exact) mass is 397 g/mol. The molecule has 24 heavy (non-hydrogen) atoms. The van der Waals surface area contributed by atoms with Gasteiger partial charge in [-0.15, -0.1) is 0 Å². The zero-order valence-electron chi connectivity index (χ0n) is 12.6. The molecule has 0 aliphatic heterocycles. The van der Waals surface area contributed by atoms with Crippen molar-refractivity contribution in [3.8, 4) is 0 Å². The molecule has 3 aromatic rings. The van der Waals surface area contributed by atoms with Gasteiger partial charge in [0.15, 0.2) is 0 Å². The number of aromatic nitrogens is 3. The van der Waals surface area contributed by atoms with Gasteiger partial charge in [-0.3, -0.25) is 0 Å². The van der Waals surface area contributed by atoms with Crippen LogP contribution in [0.3, 0.4) is 0 Å². The van der Waals surface area contributed by atoms with Crippen LogP contribution in [-0.2, 0) is 11.9 Å². The summed E-state index contributed by atoms with van der Waals surface area (Å²) in [7, 11) is 0. The quantitative estimate of drug-likeness (QED) is 0.599. The average Bonchev–Trinajstić information content (AvgIpc) is 3.06. The summed E-state index contributed by atoms with van der Waals surface area (Å²) in [6, 6.07) is 9.93. The van der Waals surface area contributed by atoms with Crippen molar-refractivity contribution in [3.05, 3.63) is 83.7 Å². The van der Waals surface area contributed by atoms with Crippen molar-refractivity contribution in [1.29, 1.82) is 0 Å². The summed E-state index contributed by atoms with van der Waals surface area (Å²) >= 11 is -0.0253. The van der Waals surface area contributed by atoms with E-state index < -0.39 is 11.6 Å². The molecule has 1 atom stereocenters. The zero-order chi connectivity index (χ0) is 16.9. The number of rotatable bonds is 6. The van der Waals surface area contributed by atoms with Gasteiger partial charge in [0.25, 0.3) is 0 Å². The molecule has 124 valence electrons. The van der Waals surface area contributed by atoms with Crippen LogP contribution in [0, 0.1) is 17.5 Å². The second-order valence-corrected chi connectivity index (χ2v) is 7.71. The molecular weight excluding hydrogens is 382 g/mol. The first kappa shape index (κ1) is 16.7. The second kappa shape index (κ2) is 7.64. The van der Waals surface area contributed by atoms with Gasteiger partial charge in [0.2, 0.25) is 0 Å². The minimum atomic E-state index is -0.596. The zero-order valence-corrected chi connectivity index (χ0v) is 14.3. The van der Waals surface area contributed by atoms with Gasteiger partial charge in [-0.2, -0.15) is 0 Å². The summed E-state index contributed by atoms with van der Waals surface area (Å²) in [5.41, 5.74) is 1.46. The van der Waals surface area contributed by atoms with Gasteiger partial charge >= 0.3 is 143 Å². The van der Waals surface area contributed by atoms with Crippen LogP contribution >= 0.6 is 0 Å². The van der Waals surface area contributed by atoms with Crippen molar-refractivity contribution in [2.24, 2.45) is 0 Å². The van der Waals surface area contributed by atoms with E-state index in [1.165, 1.54) is 30.6 Å². The summed E-state index contributed by atoms with van der Waals surface area (Å²) in [5, 5.41) is 4.78. The molecule has 0 spiro atoms. The van der Waals surface area contributed by atoms with E-state index in [9.17, 15) is 13.2 Å². The summed E-state index contributed by atoms with van der Waals surface area (Å²) < 4.78 is 42.0. The maximum atomic E-state index is 14.2. The molecule has 0 aliphatic rings. The van der Waals surface area contributed by atoms with Gasteiger partial charge in [-0.1, -0.05) is 0 Å². The van der Waals surface area contributed by atoms with E-state index in [1.54, 1.807) is 23.1 Å². The Morgan fingerprint density at radius 1 is 1.00 bits per heavy atom. The van der Waals surface area contributed by atoms with E-state index in [0.717, 1.165) is 11.6 Å². The van der Waals surface area contributed by atoms with Crippen LogP contribution in [0.1, 0.15) is 15.9 Å². The van der Waals surface area contributed by atoms with Crippen LogP contribution in [0.2, 0.25) is 0 Å². The summed E-state index contributed by atoms with van der Waals surface area (Å²) in [5.74, 6) is -1.43. The SMILES string of the molecule is Fc1ccc(C[Se]C(Cn2cncn2)c2ccc(F)cc2F)cc1. The van der Waals surface area contributed by atoms with Crippen LogP contribution in [-0.4, -0.2) is 29.7 Å². The fraction of sp³-hybridized carbons (Fsp3) is 0.176. The van der Waals surface area contributed by atoms with E-state index in [4.69, 9.17) is 0 Å². The predicted octanol–water partition coefficient (Wildman–Crippen LogP) is 3.34. The van der Waals surface area contributed by atoms with E-state index >= 15 is 0 Å².